The minimum atomic E-state index is -0.614. The largest absolute Gasteiger partial charge is 0.466 e. The molecular formula is C11H8Cl2O3. The van der Waals surface area contributed by atoms with Crippen molar-refractivity contribution in [2.45, 2.75) is 0 Å². The first-order chi connectivity index (χ1) is 7.56. The van der Waals surface area contributed by atoms with Crippen LogP contribution in [0.2, 0.25) is 10.0 Å². The molecule has 0 saturated carbocycles. The Morgan fingerprint density at radius 3 is 2.25 bits per heavy atom. The molecular weight excluding hydrogens is 251 g/mol. The van der Waals surface area contributed by atoms with Crippen LogP contribution in [0.15, 0.2) is 30.4 Å². The number of methoxy groups -OCH3 is 1. The van der Waals surface area contributed by atoms with Gasteiger partial charge in [-0.3, -0.25) is 4.79 Å². The second-order valence-electron chi connectivity index (χ2n) is 2.82. The normalized spacial score (nSPS) is 10.4. The molecule has 0 unspecified atom stereocenters. The van der Waals surface area contributed by atoms with Crippen LogP contribution in [-0.4, -0.2) is 18.9 Å². The van der Waals surface area contributed by atoms with Gasteiger partial charge >= 0.3 is 5.97 Å². The molecule has 0 amide bonds. The number of benzene rings is 1. The third-order valence-electron chi connectivity index (χ3n) is 1.78. The molecule has 0 N–H and O–H groups in total. The van der Waals surface area contributed by atoms with Gasteiger partial charge in [-0.25, -0.2) is 4.79 Å². The number of esters is 1. The van der Waals surface area contributed by atoms with E-state index in [9.17, 15) is 9.59 Å². The Labute approximate surface area is 103 Å². The zero-order chi connectivity index (χ0) is 12.1. The summed E-state index contributed by atoms with van der Waals surface area (Å²) in [5.74, 6) is -1.06. The van der Waals surface area contributed by atoms with Crippen molar-refractivity contribution in [1.29, 1.82) is 0 Å². The van der Waals surface area contributed by atoms with Crippen molar-refractivity contribution in [3.05, 3.63) is 46.0 Å². The summed E-state index contributed by atoms with van der Waals surface area (Å²) in [6, 6.07) is 4.73. The van der Waals surface area contributed by atoms with Crippen molar-refractivity contribution >= 4 is 35.0 Å². The predicted octanol–water partition coefficient (Wildman–Crippen LogP) is 2.91. The van der Waals surface area contributed by atoms with Gasteiger partial charge in [-0.1, -0.05) is 29.3 Å². The predicted molar refractivity (Wildman–Crippen MR) is 61.9 cm³/mol. The Kier molecular flexibility index (Phi) is 4.52. The Morgan fingerprint density at radius 2 is 1.75 bits per heavy atom. The molecule has 3 nitrogen and oxygen atoms in total. The number of ketones is 1. The number of hydrogen-bond donors (Lipinski definition) is 0. The lowest BCUT2D eigenvalue weighted by molar-refractivity contribution is -0.134. The van der Waals surface area contributed by atoms with E-state index in [0.29, 0.717) is 0 Å². The Bertz CT molecular complexity index is 432. The third kappa shape index (κ3) is 3.08. The van der Waals surface area contributed by atoms with Crippen LogP contribution in [-0.2, 0) is 9.53 Å². The van der Waals surface area contributed by atoms with Gasteiger partial charge in [0.15, 0.2) is 5.78 Å². The number of hydrogen-bond acceptors (Lipinski definition) is 3. The first-order valence-electron chi connectivity index (χ1n) is 4.30. The van der Waals surface area contributed by atoms with E-state index < -0.39 is 11.8 Å². The molecule has 0 fully saturated rings. The molecule has 0 spiro atoms. The number of allylic oxidation sites excluding steroid dienone is 1. The fourth-order valence-corrected chi connectivity index (χ4v) is 1.61. The summed E-state index contributed by atoms with van der Waals surface area (Å²) >= 11 is 11.6. The fraction of sp³-hybridized carbons (Fsp3) is 0.0909. The molecule has 16 heavy (non-hydrogen) atoms. The van der Waals surface area contributed by atoms with Crippen LogP contribution in [0.1, 0.15) is 10.4 Å². The number of halogens is 2. The SMILES string of the molecule is COC(=O)C=CC(=O)c1c(Cl)cccc1Cl. The molecule has 84 valence electrons. The monoisotopic (exact) mass is 258 g/mol. The molecule has 0 radical (unpaired) electrons. The number of carbonyl (C=O) groups is 2. The zero-order valence-electron chi connectivity index (χ0n) is 8.37. The van der Waals surface area contributed by atoms with Crippen LogP contribution in [0.4, 0.5) is 0 Å². The van der Waals surface area contributed by atoms with Crippen LogP contribution >= 0.6 is 23.2 Å². The highest BCUT2D eigenvalue weighted by Gasteiger charge is 2.11. The maximum absolute atomic E-state index is 11.6. The van der Waals surface area contributed by atoms with Crippen LogP contribution in [0.3, 0.4) is 0 Å². The van der Waals surface area contributed by atoms with Crippen molar-refractivity contribution in [3.8, 4) is 0 Å². The average Bonchev–Trinajstić information content (AvgIpc) is 2.25. The van der Waals surface area contributed by atoms with Crippen molar-refractivity contribution < 1.29 is 14.3 Å². The highest BCUT2D eigenvalue weighted by molar-refractivity contribution is 6.40. The Balaban J connectivity index is 2.97. The summed E-state index contributed by atoms with van der Waals surface area (Å²) < 4.78 is 4.35. The van der Waals surface area contributed by atoms with Crippen molar-refractivity contribution in [1.82, 2.24) is 0 Å². The molecule has 0 bridgehead atoms. The second-order valence-corrected chi connectivity index (χ2v) is 3.63. The Morgan fingerprint density at radius 1 is 1.19 bits per heavy atom. The van der Waals surface area contributed by atoms with Crippen LogP contribution in [0.25, 0.3) is 0 Å². The van der Waals surface area contributed by atoms with E-state index in [4.69, 9.17) is 23.2 Å². The summed E-state index contributed by atoms with van der Waals surface area (Å²) in [4.78, 5) is 22.4. The summed E-state index contributed by atoms with van der Waals surface area (Å²) in [6.07, 6.45) is 2.08. The second kappa shape index (κ2) is 5.68. The summed E-state index contributed by atoms with van der Waals surface area (Å²) in [5, 5.41) is 0.485. The molecule has 0 saturated heterocycles. The van der Waals surface area contributed by atoms with E-state index in [1.54, 1.807) is 18.2 Å². The highest BCUT2D eigenvalue weighted by Crippen LogP contribution is 2.24. The van der Waals surface area contributed by atoms with Crippen LogP contribution in [0, 0.1) is 0 Å². The molecule has 1 aromatic rings. The minimum absolute atomic E-state index is 0.172. The van der Waals surface area contributed by atoms with Crippen molar-refractivity contribution in [2.24, 2.45) is 0 Å². The molecule has 0 aliphatic rings. The smallest absolute Gasteiger partial charge is 0.330 e. The number of rotatable bonds is 3. The summed E-state index contributed by atoms with van der Waals surface area (Å²) in [5.41, 5.74) is 0.172. The van der Waals surface area contributed by atoms with E-state index >= 15 is 0 Å². The Hall–Kier alpha value is -1.32. The summed E-state index contributed by atoms with van der Waals surface area (Å²) in [7, 11) is 1.22. The van der Waals surface area contributed by atoms with Gasteiger partial charge in [-0.15, -0.1) is 0 Å². The highest BCUT2D eigenvalue weighted by atomic mass is 35.5. The average molecular weight is 259 g/mol. The van der Waals surface area contributed by atoms with Gasteiger partial charge < -0.3 is 4.74 Å². The maximum atomic E-state index is 11.6. The lowest BCUT2D eigenvalue weighted by Gasteiger charge is -2.01. The number of carbonyl (C=O) groups excluding carboxylic acids is 2. The first kappa shape index (κ1) is 12.7. The standard InChI is InChI=1S/C11H8Cl2O3/c1-16-10(15)6-5-9(14)11-7(12)3-2-4-8(11)13/h2-6H,1H3. The van der Waals surface area contributed by atoms with E-state index in [2.05, 4.69) is 4.74 Å². The molecule has 0 aliphatic carbocycles. The van der Waals surface area contributed by atoms with Crippen LogP contribution < -0.4 is 0 Å². The maximum Gasteiger partial charge on any atom is 0.330 e. The number of ether oxygens (including phenoxy) is 1. The molecule has 1 rings (SSSR count). The van der Waals surface area contributed by atoms with Gasteiger partial charge in [0.25, 0.3) is 0 Å². The van der Waals surface area contributed by atoms with Crippen molar-refractivity contribution in [3.63, 3.8) is 0 Å². The van der Waals surface area contributed by atoms with Gasteiger partial charge in [0, 0.05) is 6.08 Å². The summed E-state index contributed by atoms with van der Waals surface area (Å²) in [6.45, 7) is 0. The molecule has 1 aromatic carbocycles. The third-order valence-corrected chi connectivity index (χ3v) is 2.41. The molecule has 0 aromatic heterocycles. The van der Waals surface area contributed by atoms with Crippen molar-refractivity contribution in [2.75, 3.05) is 7.11 Å². The molecule has 5 heteroatoms. The fourth-order valence-electron chi connectivity index (χ4n) is 1.03. The van der Waals surface area contributed by atoms with Gasteiger partial charge in [0.05, 0.1) is 22.7 Å². The quantitative estimate of drug-likeness (QED) is 0.476. The first-order valence-corrected chi connectivity index (χ1v) is 5.06. The molecule has 0 heterocycles. The van der Waals surface area contributed by atoms with Gasteiger partial charge in [0.1, 0.15) is 0 Å². The van der Waals surface area contributed by atoms with Crippen LogP contribution in [0.5, 0.6) is 0 Å². The zero-order valence-corrected chi connectivity index (χ0v) is 9.88. The molecule has 0 atom stereocenters. The lowest BCUT2D eigenvalue weighted by atomic mass is 10.1. The van der Waals surface area contributed by atoms with Gasteiger partial charge in [-0.05, 0) is 18.2 Å². The van der Waals surface area contributed by atoms with Gasteiger partial charge in [0.2, 0.25) is 0 Å². The van der Waals surface area contributed by atoms with E-state index in [-0.39, 0.29) is 15.6 Å². The topological polar surface area (TPSA) is 43.4 Å². The van der Waals surface area contributed by atoms with E-state index in [1.807, 2.05) is 0 Å². The van der Waals surface area contributed by atoms with E-state index in [1.165, 1.54) is 7.11 Å². The lowest BCUT2D eigenvalue weighted by Crippen LogP contribution is -2.00. The minimum Gasteiger partial charge on any atom is -0.466 e. The van der Waals surface area contributed by atoms with Gasteiger partial charge in [-0.2, -0.15) is 0 Å². The molecule has 0 aliphatic heterocycles. The van der Waals surface area contributed by atoms with E-state index in [0.717, 1.165) is 12.2 Å².